The standard InChI is InChI=1S/C13H17BrN2O3/c1-15(8-7-12(17)18)13(19)16(2)9-10-3-5-11(14)6-4-10/h3-6H,7-9H2,1-2H3,(H,17,18). The average molecular weight is 329 g/mol. The summed E-state index contributed by atoms with van der Waals surface area (Å²) in [6, 6.07) is 7.52. The van der Waals surface area contributed by atoms with Crippen molar-refractivity contribution in [2.45, 2.75) is 13.0 Å². The monoisotopic (exact) mass is 328 g/mol. The van der Waals surface area contributed by atoms with Crippen LogP contribution in [0.1, 0.15) is 12.0 Å². The maximum atomic E-state index is 12.0. The summed E-state index contributed by atoms with van der Waals surface area (Å²) >= 11 is 3.35. The SMILES string of the molecule is CN(CCC(=O)O)C(=O)N(C)Cc1ccc(Br)cc1. The molecule has 0 aliphatic carbocycles. The summed E-state index contributed by atoms with van der Waals surface area (Å²) in [6.07, 6.45) is -0.0473. The van der Waals surface area contributed by atoms with Crippen molar-refractivity contribution >= 4 is 27.9 Å². The first-order valence-electron chi connectivity index (χ1n) is 5.82. The third-order valence-electron chi connectivity index (χ3n) is 2.65. The number of benzene rings is 1. The van der Waals surface area contributed by atoms with Gasteiger partial charge in [-0.15, -0.1) is 0 Å². The van der Waals surface area contributed by atoms with Crippen LogP contribution in [0.3, 0.4) is 0 Å². The molecule has 19 heavy (non-hydrogen) atoms. The summed E-state index contributed by atoms with van der Waals surface area (Å²) in [4.78, 5) is 25.4. The molecule has 0 aromatic heterocycles. The Bertz CT molecular complexity index is 448. The molecule has 0 unspecified atom stereocenters. The number of halogens is 1. The van der Waals surface area contributed by atoms with E-state index in [1.807, 2.05) is 24.3 Å². The van der Waals surface area contributed by atoms with Gasteiger partial charge in [-0.25, -0.2) is 4.79 Å². The minimum absolute atomic E-state index is 0.0473. The van der Waals surface area contributed by atoms with Gasteiger partial charge < -0.3 is 14.9 Å². The van der Waals surface area contributed by atoms with Gasteiger partial charge in [-0.3, -0.25) is 4.79 Å². The number of aliphatic carboxylic acids is 1. The van der Waals surface area contributed by atoms with Gasteiger partial charge in [0.15, 0.2) is 0 Å². The molecular formula is C13H17BrN2O3. The molecule has 0 heterocycles. The van der Waals surface area contributed by atoms with E-state index in [1.165, 1.54) is 4.90 Å². The van der Waals surface area contributed by atoms with Crippen LogP contribution in [-0.4, -0.2) is 47.5 Å². The third kappa shape index (κ3) is 5.30. The van der Waals surface area contributed by atoms with Gasteiger partial charge in [0, 0.05) is 31.7 Å². The van der Waals surface area contributed by atoms with Gasteiger partial charge in [-0.1, -0.05) is 28.1 Å². The number of carboxylic acid groups (broad SMARTS) is 1. The number of rotatable bonds is 5. The Morgan fingerprint density at radius 1 is 1.16 bits per heavy atom. The van der Waals surface area contributed by atoms with Crippen LogP contribution in [0.2, 0.25) is 0 Å². The fourth-order valence-electron chi connectivity index (χ4n) is 1.58. The third-order valence-corrected chi connectivity index (χ3v) is 3.18. The number of carbonyl (C=O) groups is 2. The van der Waals surface area contributed by atoms with Gasteiger partial charge >= 0.3 is 12.0 Å². The maximum Gasteiger partial charge on any atom is 0.319 e. The van der Waals surface area contributed by atoms with Crippen LogP contribution >= 0.6 is 15.9 Å². The number of amides is 2. The van der Waals surface area contributed by atoms with Gasteiger partial charge in [-0.2, -0.15) is 0 Å². The summed E-state index contributed by atoms with van der Waals surface area (Å²) in [7, 11) is 3.30. The van der Waals surface area contributed by atoms with Crippen molar-refractivity contribution in [1.29, 1.82) is 0 Å². The molecule has 1 aromatic carbocycles. The lowest BCUT2D eigenvalue weighted by Gasteiger charge is -2.24. The van der Waals surface area contributed by atoms with Crippen LogP contribution < -0.4 is 0 Å². The summed E-state index contributed by atoms with van der Waals surface area (Å²) in [6.45, 7) is 0.697. The lowest BCUT2D eigenvalue weighted by atomic mass is 10.2. The van der Waals surface area contributed by atoms with Crippen molar-refractivity contribution < 1.29 is 14.7 Å². The largest absolute Gasteiger partial charge is 0.481 e. The molecule has 0 saturated heterocycles. The predicted molar refractivity (Wildman–Crippen MR) is 75.9 cm³/mol. The highest BCUT2D eigenvalue weighted by Gasteiger charge is 2.15. The Balaban J connectivity index is 2.52. The van der Waals surface area contributed by atoms with E-state index in [1.54, 1.807) is 19.0 Å². The smallest absolute Gasteiger partial charge is 0.319 e. The van der Waals surface area contributed by atoms with Gasteiger partial charge in [0.1, 0.15) is 0 Å². The molecule has 1 aromatic rings. The normalized spacial score (nSPS) is 10.1. The average Bonchev–Trinajstić information content (AvgIpc) is 2.37. The first-order chi connectivity index (χ1) is 8.90. The van der Waals surface area contributed by atoms with E-state index in [0.29, 0.717) is 6.54 Å². The topological polar surface area (TPSA) is 60.9 Å². The second kappa shape index (κ2) is 7.13. The summed E-state index contributed by atoms with van der Waals surface area (Å²) in [5.41, 5.74) is 1.02. The molecular weight excluding hydrogens is 312 g/mol. The van der Waals surface area contributed by atoms with Crippen LogP contribution in [0.15, 0.2) is 28.7 Å². The highest BCUT2D eigenvalue weighted by atomic mass is 79.9. The molecule has 0 fully saturated rings. The predicted octanol–water partition coefficient (Wildman–Crippen LogP) is 2.41. The fraction of sp³-hybridized carbons (Fsp3) is 0.385. The minimum atomic E-state index is -0.907. The maximum absolute atomic E-state index is 12.0. The quantitative estimate of drug-likeness (QED) is 0.902. The van der Waals surface area contributed by atoms with E-state index in [0.717, 1.165) is 10.0 Å². The Kier molecular flexibility index (Phi) is 5.82. The van der Waals surface area contributed by atoms with E-state index in [9.17, 15) is 9.59 Å². The first-order valence-corrected chi connectivity index (χ1v) is 6.62. The summed E-state index contributed by atoms with van der Waals surface area (Å²) in [5, 5.41) is 8.59. The van der Waals surface area contributed by atoms with E-state index in [4.69, 9.17) is 5.11 Å². The van der Waals surface area contributed by atoms with Crippen molar-refractivity contribution in [3.63, 3.8) is 0 Å². The minimum Gasteiger partial charge on any atom is -0.481 e. The van der Waals surface area contributed by atoms with E-state index < -0.39 is 5.97 Å². The van der Waals surface area contributed by atoms with Gasteiger partial charge in [0.05, 0.1) is 6.42 Å². The zero-order valence-electron chi connectivity index (χ0n) is 11.0. The van der Waals surface area contributed by atoms with Gasteiger partial charge in [0.25, 0.3) is 0 Å². The van der Waals surface area contributed by atoms with Crippen LogP contribution in [0.25, 0.3) is 0 Å². The molecule has 1 N–H and O–H groups in total. The number of carboxylic acids is 1. The number of hydrogen-bond acceptors (Lipinski definition) is 2. The van der Waals surface area contributed by atoms with Crippen molar-refractivity contribution in [1.82, 2.24) is 9.80 Å². The second-order valence-corrected chi connectivity index (χ2v) is 5.25. The highest BCUT2D eigenvalue weighted by molar-refractivity contribution is 9.10. The van der Waals surface area contributed by atoms with Crippen molar-refractivity contribution in [2.75, 3.05) is 20.6 Å². The molecule has 5 nitrogen and oxygen atoms in total. The molecule has 104 valence electrons. The van der Waals surface area contributed by atoms with Crippen LogP contribution in [0.4, 0.5) is 4.79 Å². The molecule has 0 radical (unpaired) electrons. The Morgan fingerprint density at radius 2 is 1.74 bits per heavy atom. The number of nitrogens with zero attached hydrogens (tertiary/aromatic N) is 2. The van der Waals surface area contributed by atoms with Gasteiger partial charge in [-0.05, 0) is 17.7 Å². The van der Waals surface area contributed by atoms with E-state index in [2.05, 4.69) is 15.9 Å². The lowest BCUT2D eigenvalue weighted by Crippen LogP contribution is -2.39. The fourth-order valence-corrected chi connectivity index (χ4v) is 1.85. The molecule has 0 saturated carbocycles. The van der Waals surface area contributed by atoms with Crippen molar-refractivity contribution in [3.05, 3.63) is 34.3 Å². The summed E-state index contributed by atoms with van der Waals surface area (Å²) in [5.74, 6) is -0.907. The zero-order valence-corrected chi connectivity index (χ0v) is 12.6. The molecule has 6 heteroatoms. The highest BCUT2D eigenvalue weighted by Crippen LogP contribution is 2.12. The van der Waals surface area contributed by atoms with E-state index >= 15 is 0 Å². The Morgan fingerprint density at radius 3 is 2.26 bits per heavy atom. The molecule has 2 amide bonds. The first kappa shape index (κ1) is 15.5. The van der Waals surface area contributed by atoms with Crippen LogP contribution in [0.5, 0.6) is 0 Å². The molecule has 0 spiro atoms. The second-order valence-electron chi connectivity index (χ2n) is 4.33. The molecule has 0 bridgehead atoms. The number of urea groups is 1. The Hall–Kier alpha value is -1.56. The molecule has 1 rings (SSSR count). The number of carbonyl (C=O) groups excluding carboxylic acids is 1. The molecule has 0 atom stereocenters. The van der Waals surface area contributed by atoms with Crippen molar-refractivity contribution in [2.24, 2.45) is 0 Å². The van der Waals surface area contributed by atoms with Gasteiger partial charge in [0.2, 0.25) is 0 Å². The number of hydrogen-bond donors (Lipinski definition) is 1. The zero-order chi connectivity index (χ0) is 14.4. The van der Waals surface area contributed by atoms with Crippen LogP contribution in [0, 0.1) is 0 Å². The lowest BCUT2D eigenvalue weighted by molar-refractivity contribution is -0.137. The van der Waals surface area contributed by atoms with Crippen molar-refractivity contribution in [3.8, 4) is 0 Å². The summed E-state index contributed by atoms with van der Waals surface area (Å²) < 4.78 is 0.990. The molecule has 0 aliphatic rings. The van der Waals surface area contributed by atoms with Crippen LogP contribution in [-0.2, 0) is 11.3 Å². The molecule has 0 aliphatic heterocycles. The van der Waals surface area contributed by atoms with E-state index in [-0.39, 0.29) is 19.0 Å². The Labute approximate surface area is 120 Å².